The highest BCUT2D eigenvalue weighted by Gasteiger charge is 2.33. The number of carbonyl (C=O) groups excluding carboxylic acids is 2. The summed E-state index contributed by atoms with van der Waals surface area (Å²) in [4.78, 5) is 30.2. The Hall–Kier alpha value is -3.95. The first kappa shape index (κ1) is 27.1. The lowest BCUT2D eigenvalue weighted by atomic mass is 10.0. The van der Waals surface area contributed by atoms with Gasteiger partial charge in [-0.3, -0.25) is 14.5 Å². The van der Waals surface area contributed by atoms with Crippen molar-refractivity contribution in [1.29, 1.82) is 0 Å². The van der Waals surface area contributed by atoms with Gasteiger partial charge in [0, 0.05) is 17.3 Å². The lowest BCUT2D eigenvalue weighted by Gasteiger charge is -2.32. The number of para-hydroxylation sites is 1. The highest BCUT2D eigenvalue weighted by atomic mass is 16.5. The third-order valence-corrected chi connectivity index (χ3v) is 6.89. The van der Waals surface area contributed by atoms with Gasteiger partial charge in [-0.1, -0.05) is 44.4 Å². The Balaban J connectivity index is 1.60. The first-order valence-corrected chi connectivity index (χ1v) is 13.1. The number of nitrogens with one attached hydrogen (secondary N) is 1. The van der Waals surface area contributed by atoms with Crippen molar-refractivity contribution in [2.45, 2.75) is 71.0 Å². The Morgan fingerprint density at radius 2 is 1.84 bits per heavy atom. The summed E-state index contributed by atoms with van der Waals surface area (Å²) < 4.78 is 10.7. The molecule has 10 nitrogen and oxygen atoms in total. The van der Waals surface area contributed by atoms with Gasteiger partial charge in [0.1, 0.15) is 12.6 Å². The molecule has 1 atom stereocenters. The Kier molecular flexibility index (Phi) is 8.93. The second kappa shape index (κ2) is 12.5. The van der Waals surface area contributed by atoms with Crippen molar-refractivity contribution in [3.63, 3.8) is 0 Å². The highest BCUT2D eigenvalue weighted by Crippen LogP contribution is 2.31. The van der Waals surface area contributed by atoms with E-state index in [1.54, 1.807) is 37.3 Å². The molecule has 1 aliphatic rings. The molecule has 0 aliphatic heterocycles. The van der Waals surface area contributed by atoms with Crippen LogP contribution in [0.15, 0.2) is 42.5 Å². The molecule has 202 valence electrons. The van der Waals surface area contributed by atoms with E-state index in [9.17, 15) is 9.59 Å². The summed E-state index contributed by atoms with van der Waals surface area (Å²) in [5.41, 5.74) is 2.29. The molecule has 1 N–H and O–H groups in total. The first-order chi connectivity index (χ1) is 18.4. The van der Waals surface area contributed by atoms with E-state index in [2.05, 4.69) is 20.7 Å². The van der Waals surface area contributed by atoms with Gasteiger partial charge in [-0.05, 0) is 61.2 Å². The van der Waals surface area contributed by atoms with Crippen LogP contribution in [0, 0.1) is 6.92 Å². The van der Waals surface area contributed by atoms with E-state index in [-0.39, 0.29) is 24.4 Å². The summed E-state index contributed by atoms with van der Waals surface area (Å²) in [6.45, 7) is 3.80. The van der Waals surface area contributed by atoms with Crippen LogP contribution in [-0.2, 0) is 16.1 Å². The summed E-state index contributed by atoms with van der Waals surface area (Å²) in [6, 6.07) is 12.5. The molecule has 4 rings (SSSR count). The Morgan fingerprint density at radius 1 is 1.11 bits per heavy atom. The molecule has 1 aromatic heterocycles. The Labute approximate surface area is 223 Å². The maximum absolute atomic E-state index is 13.8. The number of carbonyl (C=O) groups is 2. The molecular weight excluding hydrogens is 484 g/mol. The highest BCUT2D eigenvalue weighted by molar-refractivity contribution is 6.01. The molecular formula is C28H36N6O4. The number of aryl methyl sites for hydroxylation is 1. The van der Waals surface area contributed by atoms with Gasteiger partial charge in [0.05, 0.1) is 14.2 Å². The van der Waals surface area contributed by atoms with E-state index in [1.165, 1.54) is 4.80 Å². The van der Waals surface area contributed by atoms with E-state index in [4.69, 9.17) is 9.47 Å². The van der Waals surface area contributed by atoms with Crippen LogP contribution in [0.3, 0.4) is 0 Å². The topological polar surface area (TPSA) is 111 Å². The lowest BCUT2D eigenvalue weighted by molar-refractivity contribution is -0.127. The fourth-order valence-electron chi connectivity index (χ4n) is 4.93. The van der Waals surface area contributed by atoms with Gasteiger partial charge in [0.15, 0.2) is 11.5 Å². The van der Waals surface area contributed by atoms with Gasteiger partial charge in [-0.2, -0.15) is 4.80 Å². The van der Waals surface area contributed by atoms with E-state index in [0.29, 0.717) is 35.0 Å². The largest absolute Gasteiger partial charge is 0.493 e. The maximum atomic E-state index is 13.8. The number of aromatic nitrogens is 4. The fraction of sp³-hybridized carbons (Fsp3) is 0.464. The Bertz CT molecular complexity index is 1250. The molecule has 1 heterocycles. The number of benzene rings is 2. The number of ether oxygens (including phenoxy) is 2. The van der Waals surface area contributed by atoms with Gasteiger partial charge in [-0.25, -0.2) is 0 Å². The summed E-state index contributed by atoms with van der Waals surface area (Å²) in [6.07, 6.45) is 5.48. The van der Waals surface area contributed by atoms with Crippen LogP contribution in [-0.4, -0.2) is 58.3 Å². The SMILES string of the molecule is CCCC(C(=O)NC1CCCC1)N(C(=O)Cn1nnc(-c2ccc(OC)c(OC)c2)n1)c1ccccc1C. The van der Waals surface area contributed by atoms with Crippen molar-refractivity contribution < 1.29 is 19.1 Å². The van der Waals surface area contributed by atoms with Crippen LogP contribution in [0.5, 0.6) is 11.5 Å². The number of tetrazole rings is 1. The molecule has 38 heavy (non-hydrogen) atoms. The maximum Gasteiger partial charge on any atom is 0.251 e. The van der Waals surface area contributed by atoms with Gasteiger partial charge in [0.2, 0.25) is 11.7 Å². The van der Waals surface area contributed by atoms with E-state index in [0.717, 1.165) is 37.7 Å². The molecule has 1 unspecified atom stereocenters. The molecule has 1 aliphatic carbocycles. The average molecular weight is 521 g/mol. The summed E-state index contributed by atoms with van der Waals surface area (Å²) in [5.74, 6) is 1.08. The molecule has 2 amide bonds. The number of amides is 2. The molecule has 10 heteroatoms. The third kappa shape index (κ3) is 6.12. The molecule has 3 aromatic rings. The third-order valence-electron chi connectivity index (χ3n) is 6.89. The van der Waals surface area contributed by atoms with E-state index >= 15 is 0 Å². The smallest absolute Gasteiger partial charge is 0.251 e. The molecule has 1 fully saturated rings. The number of anilines is 1. The molecule has 0 spiro atoms. The van der Waals surface area contributed by atoms with Crippen LogP contribution >= 0.6 is 0 Å². The number of nitrogens with zero attached hydrogens (tertiary/aromatic N) is 5. The first-order valence-electron chi connectivity index (χ1n) is 13.1. The minimum absolute atomic E-state index is 0.118. The van der Waals surface area contributed by atoms with Crippen molar-refractivity contribution in [3.05, 3.63) is 48.0 Å². The fourth-order valence-corrected chi connectivity index (χ4v) is 4.93. The van der Waals surface area contributed by atoms with Crippen LogP contribution in [0.2, 0.25) is 0 Å². The average Bonchev–Trinajstić information content (AvgIpc) is 3.61. The quantitative estimate of drug-likeness (QED) is 0.408. The van der Waals surface area contributed by atoms with Crippen LogP contribution in [0.4, 0.5) is 5.69 Å². The normalized spacial score (nSPS) is 14.2. The Morgan fingerprint density at radius 3 is 2.53 bits per heavy atom. The van der Waals surface area contributed by atoms with Crippen molar-refractivity contribution in [3.8, 4) is 22.9 Å². The van der Waals surface area contributed by atoms with E-state index in [1.807, 2.05) is 38.1 Å². The van der Waals surface area contributed by atoms with Crippen molar-refractivity contribution in [2.75, 3.05) is 19.1 Å². The molecule has 0 saturated heterocycles. The second-order valence-electron chi connectivity index (χ2n) is 9.56. The molecule has 0 radical (unpaired) electrons. The van der Waals surface area contributed by atoms with Crippen LogP contribution in [0.25, 0.3) is 11.4 Å². The summed E-state index contributed by atoms with van der Waals surface area (Å²) in [7, 11) is 3.12. The predicted octanol–water partition coefficient (Wildman–Crippen LogP) is 3.93. The van der Waals surface area contributed by atoms with Gasteiger partial charge >= 0.3 is 0 Å². The van der Waals surface area contributed by atoms with Gasteiger partial charge < -0.3 is 14.8 Å². The van der Waals surface area contributed by atoms with Crippen LogP contribution < -0.4 is 19.7 Å². The zero-order chi connectivity index (χ0) is 27.1. The van der Waals surface area contributed by atoms with Crippen LogP contribution in [0.1, 0.15) is 51.0 Å². The van der Waals surface area contributed by atoms with Gasteiger partial charge in [0.25, 0.3) is 5.91 Å². The number of methoxy groups -OCH3 is 2. The zero-order valence-electron chi connectivity index (χ0n) is 22.5. The van der Waals surface area contributed by atoms with Crippen molar-refractivity contribution >= 4 is 17.5 Å². The standard InChI is InChI=1S/C28H36N6O4/c1-5-10-23(28(36)29-21-12-7-8-13-21)34(22-14-9-6-11-19(22)2)26(35)18-33-31-27(30-32-33)20-15-16-24(37-3)25(17-20)38-4/h6,9,11,14-17,21,23H,5,7-8,10,12-13,18H2,1-4H3,(H,29,36). The monoisotopic (exact) mass is 520 g/mol. The summed E-state index contributed by atoms with van der Waals surface area (Å²) in [5, 5.41) is 15.9. The van der Waals surface area contributed by atoms with E-state index < -0.39 is 6.04 Å². The zero-order valence-corrected chi connectivity index (χ0v) is 22.5. The lowest BCUT2D eigenvalue weighted by Crippen LogP contribution is -2.52. The predicted molar refractivity (Wildman–Crippen MR) is 144 cm³/mol. The minimum atomic E-state index is -0.636. The molecule has 0 bridgehead atoms. The minimum Gasteiger partial charge on any atom is -0.493 e. The molecule has 2 aromatic carbocycles. The van der Waals surface area contributed by atoms with Crippen molar-refractivity contribution in [1.82, 2.24) is 25.5 Å². The number of rotatable bonds is 11. The van der Waals surface area contributed by atoms with Gasteiger partial charge in [-0.15, -0.1) is 10.2 Å². The van der Waals surface area contributed by atoms with Crippen molar-refractivity contribution in [2.24, 2.45) is 0 Å². The summed E-state index contributed by atoms with van der Waals surface area (Å²) >= 11 is 0. The number of hydrogen-bond donors (Lipinski definition) is 1. The number of hydrogen-bond acceptors (Lipinski definition) is 7. The second-order valence-corrected chi connectivity index (χ2v) is 9.56. The molecule has 1 saturated carbocycles.